The van der Waals surface area contributed by atoms with Crippen LogP contribution >= 0.6 is 11.6 Å². The van der Waals surface area contributed by atoms with Crippen LogP contribution in [0.15, 0.2) is 47.5 Å². The number of rotatable bonds is 5. The number of H-pyrrole nitrogens is 1. The Morgan fingerprint density at radius 3 is 2.77 bits per heavy atom. The molecule has 132 valence electrons. The number of aromatic carboxylic acids is 1. The minimum absolute atomic E-state index is 0.0142. The molecule has 0 aliphatic heterocycles. The van der Waals surface area contributed by atoms with Crippen molar-refractivity contribution in [2.45, 2.75) is 13.0 Å². The van der Waals surface area contributed by atoms with Gasteiger partial charge >= 0.3 is 5.97 Å². The van der Waals surface area contributed by atoms with E-state index < -0.39 is 11.5 Å². The lowest BCUT2D eigenvalue weighted by atomic mass is 10.0. The molecule has 0 aliphatic rings. The number of amides is 1. The van der Waals surface area contributed by atoms with E-state index in [0.717, 1.165) is 5.56 Å². The molecule has 2 heterocycles. The molecule has 1 aromatic carbocycles. The van der Waals surface area contributed by atoms with Crippen molar-refractivity contribution in [3.63, 3.8) is 0 Å². The molecule has 26 heavy (non-hydrogen) atoms. The number of carbonyl (C=O) groups excluding carboxylic acids is 1. The van der Waals surface area contributed by atoms with Crippen LogP contribution in [0.2, 0.25) is 5.02 Å². The second-order valence-corrected chi connectivity index (χ2v) is 6.10. The third-order valence-electron chi connectivity index (χ3n) is 3.79. The summed E-state index contributed by atoms with van der Waals surface area (Å²) in [4.78, 5) is 41.8. The molecule has 0 fully saturated rings. The summed E-state index contributed by atoms with van der Waals surface area (Å²) in [6.45, 7) is 0.324. The second kappa shape index (κ2) is 7.37. The van der Waals surface area contributed by atoms with Crippen LogP contribution in [0.3, 0.4) is 0 Å². The Hall–Kier alpha value is -3.19. The van der Waals surface area contributed by atoms with Crippen molar-refractivity contribution in [1.82, 2.24) is 15.3 Å². The first-order chi connectivity index (χ1) is 12.4. The van der Waals surface area contributed by atoms with Crippen molar-refractivity contribution < 1.29 is 14.7 Å². The van der Waals surface area contributed by atoms with Crippen molar-refractivity contribution >= 4 is 34.4 Å². The fourth-order valence-electron chi connectivity index (χ4n) is 2.59. The van der Waals surface area contributed by atoms with E-state index in [9.17, 15) is 14.4 Å². The molecule has 3 N–H and O–H groups in total. The normalized spacial score (nSPS) is 10.7. The maximum Gasteiger partial charge on any atom is 0.341 e. The van der Waals surface area contributed by atoms with Gasteiger partial charge in [0.15, 0.2) is 0 Å². The van der Waals surface area contributed by atoms with Gasteiger partial charge in [-0.25, -0.2) is 4.79 Å². The first kappa shape index (κ1) is 17.6. The summed E-state index contributed by atoms with van der Waals surface area (Å²) >= 11 is 6.07. The molecule has 3 aromatic rings. The van der Waals surface area contributed by atoms with Gasteiger partial charge < -0.3 is 15.4 Å². The van der Waals surface area contributed by atoms with E-state index in [2.05, 4.69) is 15.3 Å². The predicted molar refractivity (Wildman–Crippen MR) is 96.3 cm³/mol. The molecule has 3 rings (SSSR count). The molecule has 0 bridgehead atoms. The molecular formula is C18H14ClN3O4. The van der Waals surface area contributed by atoms with Gasteiger partial charge in [-0.1, -0.05) is 17.7 Å². The summed E-state index contributed by atoms with van der Waals surface area (Å²) in [5.74, 6) is -1.59. The van der Waals surface area contributed by atoms with Crippen LogP contribution in [-0.4, -0.2) is 27.0 Å². The SMILES string of the molecule is O=C(Cc1cc(Cl)cc2cc(C(=O)O)c(=O)[nH]c12)NCc1cccnc1. The Balaban J connectivity index is 1.87. The van der Waals surface area contributed by atoms with Gasteiger partial charge in [-0.2, -0.15) is 0 Å². The van der Waals surface area contributed by atoms with Gasteiger partial charge in [-0.3, -0.25) is 14.6 Å². The Morgan fingerprint density at radius 2 is 2.08 bits per heavy atom. The number of fused-ring (bicyclic) bond motifs is 1. The van der Waals surface area contributed by atoms with E-state index in [1.54, 1.807) is 24.5 Å². The summed E-state index contributed by atoms with van der Waals surface area (Å²) in [7, 11) is 0. The van der Waals surface area contributed by atoms with Crippen molar-refractivity contribution in [2.24, 2.45) is 0 Å². The largest absolute Gasteiger partial charge is 0.477 e. The monoisotopic (exact) mass is 371 g/mol. The zero-order chi connectivity index (χ0) is 18.7. The Bertz CT molecular complexity index is 1050. The number of hydrogen-bond acceptors (Lipinski definition) is 4. The average Bonchev–Trinajstić information content (AvgIpc) is 2.61. The number of nitrogens with zero attached hydrogens (tertiary/aromatic N) is 1. The van der Waals surface area contributed by atoms with Crippen LogP contribution in [0.25, 0.3) is 10.9 Å². The number of pyridine rings is 2. The van der Waals surface area contributed by atoms with E-state index in [-0.39, 0.29) is 17.9 Å². The number of carbonyl (C=O) groups is 2. The average molecular weight is 372 g/mol. The summed E-state index contributed by atoms with van der Waals surface area (Å²) in [6.07, 6.45) is 3.28. The van der Waals surface area contributed by atoms with Crippen LogP contribution in [0, 0.1) is 0 Å². The number of hydrogen-bond donors (Lipinski definition) is 3. The smallest absolute Gasteiger partial charge is 0.341 e. The van der Waals surface area contributed by atoms with E-state index in [4.69, 9.17) is 16.7 Å². The lowest BCUT2D eigenvalue weighted by molar-refractivity contribution is -0.120. The highest BCUT2D eigenvalue weighted by Crippen LogP contribution is 2.23. The minimum atomic E-state index is -1.33. The number of halogens is 1. The fraction of sp³-hybridized carbons (Fsp3) is 0.111. The first-order valence-corrected chi connectivity index (χ1v) is 8.06. The number of aromatic nitrogens is 2. The lowest BCUT2D eigenvalue weighted by Gasteiger charge is -2.09. The molecular weight excluding hydrogens is 358 g/mol. The molecule has 0 unspecified atom stereocenters. The quantitative estimate of drug-likeness (QED) is 0.636. The number of nitrogens with one attached hydrogen (secondary N) is 2. The first-order valence-electron chi connectivity index (χ1n) is 7.68. The molecule has 0 saturated carbocycles. The fourth-order valence-corrected chi connectivity index (χ4v) is 2.84. The lowest BCUT2D eigenvalue weighted by Crippen LogP contribution is -2.25. The van der Waals surface area contributed by atoms with Crippen LogP contribution in [0.4, 0.5) is 0 Å². The van der Waals surface area contributed by atoms with Crippen molar-refractivity contribution in [3.8, 4) is 0 Å². The van der Waals surface area contributed by atoms with Crippen molar-refractivity contribution in [3.05, 3.63) is 74.8 Å². The Morgan fingerprint density at radius 1 is 1.27 bits per heavy atom. The summed E-state index contributed by atoms with van der Waals surface area (Å²) in [5, 5.41) is 12.6. The van der Waals surface area contributed by atoms with E-state index in [0.29, 0.717) is 28.0 Å². The topological polar surface area (TPSA) is 112 Å². The van der Waals surface area contributed by atoms with Gasteiger partial charge in [0.1, 0.15) is 5.56 Å². The van der Waals surface area contributed by atoms with E-state index in [1.165, 1.54) is 12.1 Å². The molecule has 0 atom stereocenters. The molecule has 8 heteroatoms. The van der Waals surface area contributed by atoms with E-state index >= 15 is 0 Å². The molecule has 1 amide bonds. The molecule has 2 aromatic heterocycles. The van der Waals surface area contributed by atoms with Gasteiger partial charge in [0.25, 0.3) is 5.56 Å². The van der Waals surface area contributed by atoms with Crippen LogP contribution in [-0.2, 0) is 17.8 Å². The standard InChI is InChI=1S/C18H14ClN3O4/c19-13-4-11-6-14(18(25)26)17(24)22-16(11)12(5-13)7-15(23)21-9-10-2-1-3-20-8-10/h1-6,8H,7,9H2,(H,21,23)(H,22,24)(H,25,26). The van der Waals surface area contributed by atoms with Crippen molar-refractivity contribution in [1.29, 1.82) is 0 Å². The number of carboxylic acids is 1. The molecule has 0 aliphatic carbocycles. The van der Waals surface area contributed by atoms with E-state index in [1.807, 2.05) is 6.07 Å². The Labute approximate surface area is 152 Å². The van der Waals surface area contributed by atoms with Gasteiger partial charge in [0.2, 0.25) is 5.91 Å². The minimum Gasteiger partial charge on any atom is -0.477 e. The van der Waals surface area contributed by atoms with Crippen LogP contribution in [0.5, 0.6) is 0 Å². The third kappa shape index (κ3) is 3.89. The van der Waals surface area contributed by atoms with Gasteiger partial charge in [-0.05, 0) is 35.4 Å². The predicted octanol–water partition coefficient (Wildman–Crippen LogP) is 2.13. The summed E-state index contributed by atoms with van der Waals surface area (Å²) in [5.41, 5.74) is 0.638. The number of aromatic amines is 1. The highest BCUT2D eigenvalue weighted by molar-refractivity contribution is 6.31. The van der Waals surface area contributed by atoms with Crippen molar-refractivity contribution in [2.75, 3.05) is 0 Å². The highest BCUT2D eigenvalue weighted by atomic mass is 35.5. The summed E-state index contributed by atoms with van der Waals surface area (Å²) < 4.78 is 0. The van der Waals surface area contributed by atoms with Gasteiger partial charge in [0, 0.05) is 29.3 Å². The zero-order valence-electron chi connectivity index (χ0n) is 13.5. The zero-order valence-corrected chi connectivity index (χ0v) is 14.2. The Kier molecular flexibility index (Phi) is 4.99. The maximum absolute atomic E-state index is 12.2. The number of carboxylic acid groups (broad SMARTS) is 1. The number of benzene rings is 1. The molecule has 0 spiro atoms. The maximum atomic E-state index is 12.2. The highest BCUT2D eigenvalue weighted by Gasteiger charge is 2.14. The molecule has 0 radical (unpaired) electrons. The second-order valence-electron chi connectivity index (χ2n) is 5.66. The van der Waals surface area contributed by atoms with Gasteiger partial charge in [-0.15, -0.1) is 0 Å². The van der Waals surface area contributed by atoms with Crippen LogP contribution < -0.4 is 10.9 Å². The third-order valence-corrected chi connectivity index (χ3v) is 4.01. The van der Waals surface area contributed by atoms with Crippen LogP contribution in [0.1, 0.15) is 21.5 Å². The molecule has 0 saturated heterocycles. The summed E-state index contributed by atoms with van der Waals surface area (Å²) in [6, 6.07) is 7.98. The molecule has 7 nitrogen and oxygen atoms in total. The van der Waals surface area contributed by atoms with Gasteiger partial charge in [0.05, 0.1) is 11.9 Å².